The van der Waals surface area contributed by atoms with Gasteiger partial charge in [0.05, 0.1) is 11.0 Å². The number of para-hydroxylation sites is 2. The zero-order valence-electron chi connectivity index (χ0n) is 12.3. The molecule has 1 aromatic heterocycles. The van der Waals surface area contributed by atoms with Crippen LogP contribution in [-0.4, -0.2) is 35.2 Å². The van der Waals surface area contributed by atoms with E-state index in [0.29, 0.717) is 19.8 Å². The number of carbonyl (C=O) groups is 1. The van der Waals surface area contributed by atoms with Gasteiger partial charge in [-0.05, 0) is 31.9 Å². The lowest BCUT2D eigenvalue weighted by molar-refractivity contribution is -0.127. The molecule has 0 atom stereocenters. The zero-order chi connectivity index (χ0) is 14.7. The van der Waals surface area contributed by atoms with Gasteiger partial charge in [0.25, 0.3) is 0 Å². The molecule has 1 aliphatic heterocycles. The lowest BCUT2D eigenvalue weighted by atomic mass is 9.99. The highest BCUT2D eigenvalue weighted by Crippen LogP contribution is 2.16. The molecule has 0 unspecified atom stereocenters. The van der Waals surface area contributed by atoms with E-state index in [0.717, 1.165) is 36.2 Å². The predicted molar refractivity (Wildman–Crippen MR) is 81.0 cm³/mol. The number of aryl methyl sites for hydroxylation is 1. The molecule has 3 rings (SSSR count). The highest BCUT2D eigenvalue weighted by Gasteiger charge is 2.21. The smallest absolute Gasteiger partial charge is 0.223 e. The van der Waals surface area contributed by atoms with Gasteiger partial charge in [-0.2, -0.15) is 0 Å². The predicted octanol–water partition coefficient (Wildman–Crippen LogP) is 1.89. The number of aromatic nitrogens is 2. The first-order valence-electron chi connectivity index (χ1n) is 7.53. The molecule has 1 N–H and O–H groups in total. The Morgan fingerprint density at radius 3 is 2.95 bits per heavy atom. The lowest BCUT2D eigenvalue weighted by Gasteiger charge is -2.21. The Morgan fingerprint density at radius 2 is 2.14 bits per heavy atom. The molecule has 0 bridgehead atoms. The van der Waals surface area contributed by atoms with E-state index in [1.54, 1.807) is 0 Å². The average Bonchev–Trinajstić information content (AvgIpc) is 2.84. The van der Waals surface area contributed by atoms with Crippen LogP contribution in [0.1, 0.15) is 18.7 Å². The first-order valence-corrected chi connectivity index (χ1v) is 7.53. The minimum atomic E-state index is 0.111. The molecule has 2 aromatic rings. The second kappa shape index (κ2) is 6.26. The summed E-state index contributed by atoms with van der Waals surface area (Å²) in [6.07, 6.45) is 1.66. The van der Waals surface area contributed by atoms with Crippen molar-refractivity contribution in [2.24, 2.45) is 5.92 Å². The standard InChI is InChI=1S/C16H21N3O2/c1-12-18-14-4-2-3-5-15(14)19(12)9-8-17-16(20)13-6-10-21-11-7-13/h2-5,13H,6-11H2,1H3,(H,17,20). The van der Waals surface area contributed by atoms with Crippen molar-refractivity contribution in [2.45, 2.75) is 26.3 Å². The maximum atomic E-state index is 12.1. The summed E-state index contributed by atoms with van der Waals surface area (Å²) >= 11 is 0. The van der Waals surface area contributed by atoms with E-state index in [9.17, 15) is 4.79 Å². The van der Waals surface area contributed by atoms with Gasteiger partial charge in [-0.1, -0.05) is 12.1 Å². The van der Waals surface area contributed by atoms with Gasteiger partial charge >= 0.3 is 0 Å². The second-order valence-corrected chi connectivity index (χ2v) is 5.48. The van der Waals surface area contributed by atoms with E-state index in [2.05, 4.69) is 20.9 Å². The molecule has 112 valence electrons. The number of hydrogen-bond acceptors (Lipinski definition) is 3. The van der Waals surface area contributed by atoms with Gasteiger partial charge < -0.3 is 14.6 Å². The summed E-state index contributed by atoms with van der Waals surface area (Å²) in [7, 11) is 0. The number of amides is 1. The van der Waals surface area contributed by atoms with Crippen LogP contribution in [0.4, 0.5) is 0 Å². The average molecular weight is 287 g/mol. The quantitative estimate of drug-likeness (QED) is 0.934. The highest BCUT2D eigenvalue weighted by molar-refractivity contribution is 5.79. The van der Waals surface area contributed by atoms with Crippen LogP contribution >= 0.6 is 0 Å². The number of ether oxygens (including phenoxy) is 1. The topological polar surface area (TPSA) is 56.2 Å². The molecule has 1 saturated heterocycles. The Balaban J connectivity index is 1.59. The molecule has 1 amide bonds. The Morgan fingerprint density at radius 1 is 1.38 bits per heavy atom. The lowest BCUT2D eigenvalue weighted by Crippen LogP contribution is -2.36. The molecule has 1 aliphatic rings. The normalized spacial score (nSPS) is 16.2. The number of fused-ring (bicyclic) bond motifs is 1. The third-order valence-electron chi connectivity index (χ3n) is 4.07. The van der Waals surface area contributed by atoms with Crippen molar-refractivity contribution in [3.63, 3.8) is 0 Å². The molecular formula is C16H21N3O2. The van der Waals surface area contributed by atoms with Crippen LogP contribution in [-0.2, 0) is 16.1 Å². The van der Waals surface area contributed by atoms with Gasteiger partial charge in [0.2, 0.25) is 5.91 Å². The maximum Gasteiger partial charge on any atom is 0.223 e. The molecule has 0 saturated carbocycles. The molecule has 2 heterocycles. The van der Waals surface area contributed by atoms with Crippen molar-refractivity contribution < 1.29 is 9.53 Å². The van der Waals surface area contributed by atoms with Gasteiger partial charge in [0.15, 0.2) is 0 Å². The Hall–Kier alpha value is -1.88. The number of imidazole rings is 1. The van der Waals surface area contributed by atoms with Crippen molar-refractivity contribution in [3.8, 4) is 0 Å². The van der Waals surface area contributed by atoms with E-state index in [1.165, 1.54) is 0 Å². The van der Waals surface area contributed by atoms with Crippen LogP contribution in [0.3, 0.4) is 0 Å². The maximum absolute atomic E-state index is 12.1. The number of benzene rings is 1. The fourth-order valence-corrected chi connectivity index (χ4v) is 2.87. The van der Waals surface area contributed by atoms with E-state index in [-0.39, 0.29) is 11.8 Å². The summed E-state index contributed by atoms with van der Waals surface area (Å²) in [6.45, 7) is 4.78. The van der Waals surface area contributed by atoms with Crippen molar-refractivity contribution in [1.82, 2.24) is 14.9 Å². The number of rotatable bonds is 4. The van der Waals surface area contributed by atoms with E-state index in [1.807, 2.05) is 25.1 Å². The van der Waals surface area contributed by atoms with Gasteiger partial charge in [0, 0.05) is 32.2 Å². The fraction of sp³-hybridized carbons (Fsp3) is 0.500. The number of carbonyl (C=O) groups excluding carboxylic acids is 1. The first kappa shape index (κ1) is 14.1. The number of hydrogen-bond donors (Lipinski definition) is 1. The summed E-state index contributed by atoms with van der Waals surface area (Å²) in [5.41, 5.74) is 2.13. The van der Waals surface area contributed by atoms with Crippen molar-refractivity contribution in [3.05, 3.63) is 30.1 Å². The number of nitrogens with zero attached hydrogens (tertiary/aromatic N) is 2. The fourth-order valence-electron chi connectivity index (χ4n) is 2.87. The van der Waals surface area contributed by atoms with Crippen LogP contribution in [0.2, 0.25) is 0 Å². The summed E-state index contributed by atoms with van der Waals surface area (Å²) in [5.74, 6) is 1.25. The summed E-state index contributed by atoms with van der Waals surface area (Å²) in [6, 6.07) is 8.08. The first-order chi connectivity index (χ1) is 10.3. The van der Waals surface area contributed by atoms with Gasteiger partial charge in [0.1, 0.15) is 5.82 Å². The second-order valence-electron chi connectivity index (χ2n) is 5.48. The van der Waals surface area contributed by atoms with Gasteiger partial charge in [-0.25, -0.2) is 4.98 Å². The molecule has 5 nitrogen and oxygen atoms in total. The molecule has 5 heteroatoms. The highest BCUT2D eigenvalue weighted by atomic mass is 16.5. The van der Waals surface area contributed by atoms with Crippen molar-refractivity contribution in [2.75, 3.05) is 19.8 Å². The molecule has 21 heavy (non-hydrogen) atoms. The van der Waals surface area contributed by atoms with E-state index >= 15 is 0 Å². The minimum Gasteiger partial charge on any atom is -0.381 e. The Bertz CT molecular complexity index is 629. The van der Waals surface area contributed by atoms with Crippen LogP contribution in [0.15, 0.2) is 24.3 Å². The van der Waals surface area contributed by atoms with E-state index < -0.39 is 0 Å². The monoisotopic (exact) mass is 287 g/mol. The van der Waals surface area contributed by atoms with Crippen LogP contribution < -0.4 is 5.32 Å². The molecule has 0 radical (unpaired) electrons. The molecule has 0 aliphatic carbocycles. The van der Waals surface area contributed by atoms with Crippen LogP contribution in [0, 0.1) is 12.8 Å². The third kappa shape index (κ3) is 3.08. The largest absolute Gasteiger partial charge is 0.381 e. The number of nitrogens with one attached hydrogen (secondary N) is 1. The third-order valence-corrected chi connectivity index (χ3v) is 4.07. The summed E-state index contributed by atoms with van der Waals surface area (Å²) < 4.78 is 7.44. The van der Waals surface area contributed by atoms with Crippen LogP contribution in [0.5, 0.6) is 0 Å². The van der Waals surface area contributed by atoms with Gasteiger partial charge in [-0.3, -0.25) is 4.79 Å². The van der Waals surface area contributed by atoms with Crippen LogP contribution in [0.25, 0.3) is 11.0 Å². The van der Waals surface area contributed by atoms with Crippen molar-refractivity contribution >= 4 is 16.9 Å². The summed E-state index contributed by atoms with van der Waals surface area (Å²) in [5, 5.41) is 3.04. The molecule has 1 fully saturated rings. The Kier molecular flexibility index (Phi) is 4.20. The van der Waals surface area contributed by atoms with E-state index in [4.69, 9.17) is 4.74 Å². The Labute approximate surface area is 124 Å². The SMILES string of the molecule is Cc1nc2ccccc2n1CCNC(=O)C1CCOCC1. The minimum absolute atomic E-state index is 0.111. The molecule has 1 aromatic carbocycles. The van der Waals surface area contributed by atoms with Crippen molar-refractivity contribution in [1.29, 1.82) is 0 Å². The molecule has 0 spiro atoms. The summed E-state index contributed by atoms with van der Waals surface area (Å²) in [4.78, 5) is 16.6. The zero-order valence-corrected chi connectivity index (χ0v) is 12.3. The molecular weight excluding hydrogens is 266 g/mol. The van der Waals surface area contributed by atoms with Gasteiger partial charge in [-0.15, -0.1) is 0 Å².